The molecule has 1 aromatic heterocycles. The molecule has 1 fully saturated rings. The summed E-state index contributed by atoms with van der Waals surface area (Å²) < 4.78 is 25.2. The van der Waals surface area contributed by atoms with Gasteiger partial charge in [-0.25, -0.2) is 19.4 Å². The second kappa shape index (κ2) is 14.0. The zero-order valence-corrected chi connectivity index (χ0v) is 26.7. The van der Waals surface area contributed by atoms with Crippen molar-refractivity contribution >= 4 is 69.4 Å². The van der Waals surface area contributed by atoms with E-state index in [4.69, 9.17) is 53.8 Å². The summed E-state index contributed by atoms with van der Waals surface area (Å²) in [6.45, 7) is -0.446. The Morgan fingerprint density at radius 1 is 0.750 bits per heavy atom. The normalized spacial score (nSPS) is 18.7. The highest BCUT2D eigenvalue weighted by atomic mass is 35.5. The van der Waals surface area contributed by atoms with Crippen LogP contribution < -0.4 is 0 Å². The van der Waals surface area contributed by atoms with Crippen molar-refractivity contribution in [1.29, 1.82) is 0 Å². The van der Waals surface area contributed by atoms with Crippen LogP contribution in [0.1, 0.15) is 37.3 Å². The van der Waals surface area contributed by atoms with Crippen LogP contribution in [0.2, 0.25) is 15.1 Å². The van der Waals surface area contributed by atoms with Gasteiger partial charge >= 0.3 is 17.9 Å². The lowest BCUT2D eigenvalue weighted by Crippen LogP contribution is -2.41. The summed E-state index contributed by atoms with van der Waals surface area (Å²) in [5.41, 5.74) is 0.501. The van der Waals surface area contributed by atoms with Gasteiger partial charge in [0.1, 0.15) is 12.7 Å². The summed E-state index contributed by atoms with van der Waals surface area (Å²) in [5, 5.41) is 12.9. The van der Waals surface area contributed by atoms with E-state index in [0.29, 0.717) is 15.1 Å². The lowest BCUT2D eigenvalue weighted by Gasteiger charge is -2.25. The molecule has 4 atom stereocenters. The van der Waals surface area contributed by atoms with Crippen LogP contribution in [0.3, 0.4) is 0 Å². The molecule has 0 aliphatic carbocycles. The van der Waals surface area contributed by atoms with Crippen molar-refractivity contribution in [2.75, 3.05) is 6.61 Å². The molecule has 0 spiro atoms. The first kappa shape index (κ1) is 32.9. The van der Waals surface area contributed by atoms with E-state index in [0.717, 1.165) is 0 Å². The number of hydrogen-bond donors (Lipinski definition) is 0. The number of halogens is 3. The van der Waals surface area contributed by atoms with Crippen LogP contribution in [0.4, 0.5) is 5.69 Å². The summed E-state index contributed by atoms with van der Waals surface area (Å²) in [6, 6.07) is 22.1. The molecule has 4 aromatic carbocycles. The Bertz CT molecular complexity index is 2000. The van der Waals surface area contributed by atoms with Crippen LogP contribution >= 0.6 is 34.8 Å². The summed E-state index contributed by atoms with van der Waals surface area (Å²) in [6.07, 6.45) is -3.90. The van der Waals surface area contributed by atoms with Gasteiger partial charge in [-0.1, -0.05) is 40.9 Å². The molecule has 0 amide bonds. The number of benzene rings is 4. The zero-order chi connectivity index (χ0) is 33.9. The van der Waals surface area contributed by atoms with E-state index in [1.54, 1.807) is 6.07 Å². The maximum absolute atomic E-state index is 13.5. The summed E-state index contributed by atoms with van der Waals surface area (Å²) >= 11 is 17.9. The fraction of sp³-hybridized carbons (Fsp3) is 0.152. The van der Waals surface area contributed by atoms with E-state index in [2.05, 4.69) is 4.98 Å². The summed E-state index contributed by atoms with van der Waals surface area (Å²) in [4.78, 5) is 55.2. The quantitative estimate of drug-likeness (QED) is 0.0670. The number of ether oxygens (including phenoxy) is 4. The Balaban J connectivity index is 1.39. The average Bonchev–Trinajstić information content (AvgIpc) is 3.65. The minimum atomic E-state index is -1.37. The predicted molar refractivity (Wildman–Crippen MR) is 173 cm³/mol. The van der Waals surface area contributed by atoms with Gasteiger partial charge < -0.3 is 18.9 Å². The van der Waals surface area contributed by atoms with Crippen molar-refractivity contribution in [2.24, 2.45) is 0 Å². The molecule has 1 aliphatic heterocycles. The molecule has 0 saturated carbocycles. The lowest BCUT2D eigenvalue weighted by atomic mass is 10.1. The highest BCUT2D eigenvalue weighted by Gasteiger charge is 2.51. The SMILES string of the molecule is O=C(OC[C@H]1O[C@@H](n2cnc3c([N+](=O)[O-])cccc32)[C@H](OC(=O)c2ccc(Cl)cc2)[C@@H]1OC(=O)c1ccc(Cl)cc1)c1ccc(Cl)cc1. The molecular formula is C33H22Cl3N3O9. The number of aromatic nitrogens is 2. The van der Waals surface area contributed by atoms with Crippen molar-refractivity contribution in [3.05, 3.63) is 139 Å². The second-order valence-electron chi connectivity index (χ2n) is 10.5. The summed E-state index contributed by atoms with van der Waals surface area (Å²) in [7, 11) is 0. The highest BCUT2D eigenvalue weighted by Crippen LogP contribution is 2.38. The van der Waals surface area contributed by atoms with Crippen molar-refractivity contribution in [3.63, 3.8) is 0 Å². The van der Waals surface area contributed by atoms with Gasteiger partial charge in [-0.3, -0.25) is 14.7 Å². The van der Waals surface area contributed by atoms with Gasteiger partial charge in [-0.2, -0.15) is 0 Å². The minimum absolute atomic E-state index is 0.0428. The number of hydrogen-bond acceptors (Lipinski definition) is 10. The number of esters is 3. The first-order valence-corrected chi connectivity index (χ1v) is 15.3. The first-order valence-electron chi connectivity index (χ1n) is 14.2. The Hall–Kier alpha value is -5.01. The van der Waals surface area contributed by atoms with E-state index in [1.807, 2.05) is 0 Å². The topological polar surface area (TPSA) is 149 Å². The van der Waals surface area contributed by atoms with Gasteiger partial charge in [0.2, 0.25) is 0 Å². The van der Waals surface area contributed by atoms with Crippen LogP contribution in [0.15, 0.2) is 97.3 Å². The van der Waals surface area contributed by atoms with Crippen LogP contribution in [-0.2, 0) is 18.9 Å². The lowest BCUT2D eigenvalue weighted by molar-refractivity contribution is -0.383. The maximum Gasteiger partial charge on any atom is 0.338 e. The molecule has 0 radical (unpaired) electrons. The molecule has 6 rings (SSSR count). The zero-order valence-electron chi connectivity index (χ0n) is 24.4. The molecule has 0 N–H and O–H groups in total. The third kappa shape index (κ3) is 6.97. The van der Waals surface area contributed by atoms with E-state index < -0.39 is 54.0 Å². The van der Waals surface area contributed by atoms with Gasteiger partial charge in [0, 0.05) is 21.1 Å². The number of nitro benzene ring substituents is 1. The van der Waals surface area contributed by atoms with Crippen LogP contribution in [0.25, 0.3) is 11.0 Å². The standard InChI is InChI=1S/C33H22Cl3N3O9/c34-21-10-4-18(5-11-21)31(40)45-16-26-28(47-32(41)19-6-12-22(35)13-7-19)29(48-33(42)20-8-14-23(36)15-9-20)30(46-26)38-17-37-27-24(38)2-1-3-25(27)39(43)44/h1-15,17,26,28-30H,16H2/t26-,28-,29-,30-/m1/s1. The third-order valence-electron chi connectivity index (χ3n) is 7.44. The number of nitrogens with zero attached hydrogens (tertiary/aromatic N) is 3. The number of fused-ring (bicyclic) bond motifs is 1. The van der Waals surface area contributed by atoms with Gasteiger partial charge in [0.15, 0.2) is 24.0 Å². The van der Waals surface area contributed by atoms with E-state index in [1.165, 1.54) is 95.8 Å². The molecule has 48 heavy (non-hydrogen) atoms. The molecule has 0 bridgehead atoms. The molecule has 0 unspecified atom stereocenters. The smallest absolute Gasteiger partial charge is 0.338 e. The second-order valence-corrected chi connectivity index (χ2v) is 11.8. The van der Waals surface area contributed by atoms with Crippen molar-refractivity contribution < 1.29 is 38.3 Å². The molecule has 12 nitrogen and oxygen atoms in total. The number of non-ortho nitro benzene ring substituents is 1. The Morgan fingerprint density at radius 3 is 1.77 bits per heavy atom. The van der Waals surface area contributed by atoms with E-state index in [9.17, 15) is 24.5 Å². The molecule has 15 heteroatoms. The largest absolute Gasteiger partial charge is 0.459 e. The molecular weight excluding hydrogens is 689 g/mol. The third-order valence-corrected chi connectivity index (χ3v) is 8.20. The Morgan fingerprint density at radius 2 is 1.25 bits per heavy atom. The molecule has 1 saturated heterocycles. The van der Waals surface area contributed by atoms with Gasteiger partial charge in [0.25, 0.3) is 5.69 Å². The monoisotopic (exact) mass is 709 g/mol. The number of imidazole rings is 1. The Kier molecular flexibility index (Phi) is 9.60. The van der Waals surface area contributed by atoms with Crippen molar-refractivity contribution in [1.82, 2.24) is 9.55 Å². The van der Waals surface area contributed by atoms with Gasteiger partial charge in [-0.05, 0) is 78.9 Å². The molecule has 244 valence electrons. The number of rotatable bonds is 9. The number of carbonyl (C=O) groups is 3. The molecule has 5 aromatic rings. The van der Waals surface area contributed by atoms with Crippen LogP contribution in [-0.4, -0.2) is 57.3 Å². The number of para-hydroxylation sites is 1. The van der Waals surface area contributed by atoms with Crippen LogP contribution in [0.5, 0.6) is 0 Å². The molecule has 2 heterocycles. The van der Waals surface area contributed by atoms with Crippen LogP contribution in [0, 0.1) is 10.1 Å². The van der Waals surface area contributed by atoms with Gasteiger partial charge in [-0.15, -0.1) is 0 Å². The van der Waals surface area contributed by atoms with E-state index >= 15 is 0 Å². The maximum atomic E-state index is 13.5. The van der Waals surface area contributed by atoms with Gasteiger partial charge in [0.05, 0.1) is 33.5 Å². The fourth-order valence-electron chi connectivity index (χ4n) is 5.11. The first-order chi connectivity index (χ1) is 23.1. The Labute approximate surface area is 286 Å². The predicted octanol–water partition coefficient (Wildman–Crippen LogP) is 7.11. The summed E-state index contributed by atoms with van der Waals surface area (Å²) in [5.74, 6) is -2.35. The minimum Gasteiger partial charge on any atom is -0.459 e. The van der Waals surface area contributed by atoms with Crippen molar-refractivity contribution in [2.45, 2.75) is 24.5 Å². The fourth-order valence-corrected chi connectivity index (χ4v) is 5.49. The number of nitro groups is 1. The highest BCUT2D eigenvalue weighted by molar-refractivity contribution is 6.31. The van der Waals surface area contributed by atoms with E-state index in [-0.39, 0.29) is 33.4 Å². The number of carbonyl (C=O) groups excluding carboxylic acids is 3. The van der Waals surface area contributed by atoms with Crippen molar-refractivity contribution in [3.8, 4) is 0 Å². The molecule has 1 aliphatic rings. The average molecular weight is 711 g/mol.